The van der Waals surface area contributed by atoms with E-state index in [1.165, 1.54) is 25.1 Å². The highest BCUT2D eigenvalue weighted by atomic mass is 35.5. The Balaban J connectivity index is 1.54. The lowest BCUT2D eigenvalue weighted by atomic mass is 10.1. The summed E-state index contributed by atoms with van der Waals surface area (Å²) in [5.74, 6) is -2.53. The number of esters is 1. The van der Waals surface area contributed by atoms with Gasteiger partial charge in [-0.2, -0.15) is 0 Å². The molecule has 2 atom stereocenters. The van der Waals surface area contributed by atoms with Gasteiger partial charge in [0.05, 0.1) is 5.92 Å². The van der Waals surface area contributed by atoms with Gasteiger partial charge >= 0.3 is 5.97 Å². The van der Waals surface area contributed by atoms with Crippen molar-refractivity contribution in [1.29, 1.82) is 0 Å². The summed E-state index contributed by atoms with van der Waals surface area (Å²) < 4.78 is 18.4. The molecule has 1 aliphatic rings. The lowest BCUT2D eigenvalue weighted by Crippen LogP contribution is -2.33. The first-order valence-electron chi connectivity index (χ1n) is 9.11. The van der Waals surface area contributed by atoms with Crippen LogP contribution in [0, 0.1) is 11.7 Å². The molecule has 3 rings (SSSR count). The number of amides is 2. The van der Waals surface area contributed by atoms with E-state index in [0.29, 0.717) is 11.6 Å². The molecule has 0 spiro atoms. The van der Waals surface area contributed by atoms with Crippen LogP contribution in [0.1, 0.15) is 18.9 Å². The second-order valence-corrected chi connectivity index (χ2v) is 7.25. The number of hydrogen-bond donors (Lipinski definition) is 1. The molecule has 0 aromatic heterocycles. The second kappa shape index (κ2) is 9.05. The largest absolute Gasteiger partial charge is 0.452 e. The molecule has 1 heterocycles. The van der Waals surface area contributed by atoms with Gasteiger partial charge in [0.1, 0.15) is 5.82 Å². The van der Waals surface area contributed by atoms with Crippen LogP contribution >= 0.6 is 11.6 Å². The zero-order valence-electron chi connectivity index (χ0n) is 15.7. The SMILES string of the molecule is C[C@@H](OC(=O)[C@@H]1CC(=O)N(Cc2ccccc2Cl)C1)C(=O)Nc1cccc(F)c1. The monoisotopic (exact) mass is 418 g/mol. The summed E-state index contributed by atoms with van der Waals surface area (Å²) >= 11 is 6.13. The average Bonchev–Trinajstić information content (AvgIpc) is 3.04. The van der Waals surface area contributed by atoms with Crippen LogP contribution in [0.5, 0.6) is 0 Å². The molecule has 1 N–H and O–H groups in total. The minimum absolute atomic E-state index is 0.0154. The summed E-state index contributed by atoms with van der Waals surface area (Å²) in [6.45, 7) is 1.92. The quantitative estimate of drug-likeness (QED) is 0.729. The van der Waals surface area contributed by atoms with Crippen molar-refractivity contribution < 1.29 is 23.5 Å². The third kappa shape index (κ3) is 5.32. The van der Waals surface area contributed by atoms with Gasteiger partial charge in [0.2, 0.25) is 5.91 Å². The van der Waals surface area contributed by atoms with Crippen LogP contribution in [0.4, 0.5) is 10.1 Å². The molecule has 1 fully saturated rings. The van der Waals surface area contributed by atoms with Crippen LogP contribution in [0.2, 0.25) is 5.02 Å². The summed E-state index contributed by atoms with van der Waals surface area (Å²) in [6, 6.07) is 12.6. The Bertz CT molecular complexity index is 936. The van der Waals surface area contributed by atoms with E-state index in [4.69, 9.17) is 16.3 Å². The maximum Gasteiger partial charge on any atom is 0.312 e. The van der Waals surface area contributed by atoms with E-state index in [-0.39, 0.29) is 24.6 Å². The molecular formula is C21H20ClFN2O4. The highest BCUT2D eigenvalue weighted by molar-refractivity contribution is 6.31. The molecule has 0 saturated carbocycles. The molecule has 0 bridgehead atoms. The molecule has 0 radical (unpaired) electrons. The number of rotatable bonds is 6. The number of nitrogens with zero attached hydrogens (tertiary/aromatic N) is 1. The molecule has 0 aliphatic carbocycles. The van der Waals surface area contributed by atoms with Crippen LogP contribution in [0.3, 0.4) is 0 Å². The summed E-state index contributed by atoms with van der Waals surface area (Å²) in [7, 11) is 0. The fraction of sp³-hybridized carbons (Fsp3) is 0.286. The summed E-state index contributed by atoms with van der Waals surface area (Å²) in [5.41, 5.74) is 1.05. The van der Waals surface area contributed by atoms with Gasteiger partial charge in [0.25, 0.3) is 5.91 Å². The standard InChI is InChI=1S/C21H20ClFN2O4/c1-13(20(27)24-17-7-4-6-16(23)10-17)29-21(28)15-9-19(26)25(12-15)11-14-5-2-3-8-18(14)22/h2-8,10,13,15H,9,11-12H2,1H3,(H,24,27)/t13-,15-/m1/s1. The van der Waals surface area contributed by atoms with Gasteiger partial charge in [-0.25, -0.2) is 4.39 Å². The normalized spacial score (nSPS) is 17.1. The lowest BCUT2D eigenvalue weighted by Gasteiger charge is -2.18. The Kier molecular flexibility index (Phi) is 6.49. The molecule has 1 aliphatic heterocycles. The third-order valence-electron chi connectivity index (χ3n) is 4.62. The highest BCUT2D eigenvalue weighted by Crippen LogP contribution is 2.24. The fourth-order valence-corrected chi connectivity index (χ4v) is 3.24. The zero-order valence-corrected chi connectivity index (χ0v) is 16.5. The van der Waals surface area contributed by atoms with E-state index >= 15 is 0 Å². The number of likely N-dealkylation sites (tertiary alicyclic amines) is 1. The summed E-state index contributed by atoms with van der Waals surface area (Å²) in [4.78, 5) is 38.4. The van der Waals surface area contributed by atoms with Crippen molar-refractivity contribution in [1.82, 2.24) is 4.90 Å². The number of anilines is 1. The van der Waals surface area contributed by atoms with Crippen LogP contribution in [-0.2, 0) is 25.7 Å². The number of benzene rings is 2. The van der Waals surface area contributed by atoms with Gasteiger partial charge in [-0.3, -0.25) is 14.4 Å². The molecule has 0 unspecified atom stereocenters. The third-order valence-corrected chi connectivity index (χ3v) is 4.99. The van der Waals surface area contributed by atoms with Gasteiger partial charge < -0.3 is 15.0 Å². The smallest absolute Gasteiger partial charge is 0.312 e. The summed E-state index contributed by atoms with van der Waals surface area (Å²) in [5, 5.41) is 3.04. The number of carbonyl (C=O) groups is 3. The Morgan fingerprint density at radius 2 is 2.03 bits per heavy atom. The number of halogens is 2. The molecule has 1 saturated heterocycles. The average molecular weight is 419 g/mol. The number of carbonyl (C=O) groups excluding carboxylic acids is 3. The zero-order chi connectivity index (χ0) is 21.0. The van der Waals surface area contributed by atoms with Crippen molar-refractivity contribution in [3.8, 4) is 0 Å². The van der Waals surface area contributed by atoms with Crippen molar-refractivity contribution in [3.05, 3.63) is 64.9 Å². The van der Waals surface area contributed by atoms with Crippen LogP contribution < -0.4 is 5.32 Å². The molecule has 6 nitrogen and oxygen atoms in total. The molecule has 2 amide bonds. The van der Waals surface area contributed by atoms with Crippen LogP contribution in [-0.4, -0.2) is 35.3 Å². The second-order valence-electron chi connectivity index (χ2n) is 6.85. The van der Waals surface area contributed by atoms with Gasteiger partial charge in [-0.15, -0.1) is 0 Å². The number of nitrogens with one attached hydrogen (secondary N) is 1. The van der Waals surface area contributed by atoms with Crippen LogP contribution in [0.25, 0.3) is 0 Å². The minimum atomic E-state index is -1.08. The minimum Gasteiger partial charge on any atom is -0.452 e. The molecule has 29 heavy (non-hydrogen) atoms. The van der Waals surface area contributed by atoms with Crippen molar-refractivity contribution in [3.63, 3.8) is 0 Å². The Hall–Kier alpha value is -2.93. The Morgan fingerprint density at radius 1 is 1.28 bits per heavy atom. The predicted molar refractivity (Wildman–Crippen MR) is 106 cm³/mol. The van der Waals surface area contributed by atoms with Crippen molar-refractivity contribution in [2.45, 2.75) is 26.0 Å². The van der Waals surface area contributed by atoms with E-state index in [1.54, 1.807) is 17.0 Å². The van der Waals surface area contributed by atoms with Gasteiger partial charge in [-0.1, -0.05) is 35.9 Å². The topological polar surface area (TPSA) is 75.7 Å². The van der Waals surface area contributed by atoms with E-state index in [2.05, 4.69) is 5.32 Å². The van der Waals surface area contributed by atoms with Crippen molar-refractivity contribution in [2.24, 2.45) is 5.92 Å². The fourth-order valence-electron chi connectivity index (χ4n) is 3.05. The lowest BCUT2D eigenvalue weighted by molar-refractivity contribution is -0.157. The molecule has 152 valence electrons. The molecule has 2 aromatic rings. The first-order chi connectivity index (χ1) is 13.8. The van der Waals surface area contributed by atoms with Gasteiger partial charge in [0, 0.05) is 30.2 Å². The van der Waals surface area contributed by atoms with E-state index < -0.39 is 29.7 Å². The van der Waals surface area contributed by atoms with E-state index in [0.717, 1.165) is 11.6 Å². The van der Waals surface area contributed by atoms with Crippen LogP contribution in [0.15, 0.2) is 48.5 Å². The van der Waals surface area contributed by atoms with Crippen molar-refractivity contribution >= 4 is 35.1 Å². The number of ether oxygens (including phenoxy) is 1. The summed E-state index contributed by atoms with van der Waals surface area (Å²) in [6.07, 6.45) is -1.07. The first-order valence-corrected chi connectivity index (χ1v) is 9.49. The predicted octanol–water partition coefficient (Wildman–Crippen LogP) is 3.40. The molecular weight excluding hydrogens is 399 g/mol. The number of hydrogen-bond acceptors (Lipinski definition) is 4. The molecule has 8 heteroatoms. The molecule has 2 aromatic carbocycles. The highest BCUT2D eigenvalue weighted by Gasteiger charge is 2.36. The Labute approximate surface area is 172 Å². The van der Waals surface area contributed by atoms with Gasteiger partial charge in [0.15, 0.2) is 6.10 Å². The Morgan fingerprint density at radius 3 is 2.76 bits per heavy atom. The van der Waals surface area contributed by atoms with E-state index in [9.17, 15) is 18.8 Å². The van der Waals surface area contributed by atoms with Crippen molar-refractivity contribution in [2.75, 3.05) is 11.9 Å². The van der Waals surface area contributed by atoms with E-state index in [1.807, 2.05) is 12.1 Å². The maximum atomic E-state index is 13.2. The van der Waals surface area contributed by atoms with Gasteiger partial charge in [-0.05, 0) is 36.8 Å². The maximum absolute atomic E-state index is 13.2. The first kappa shape index (κ1) is 20.8.